The summed E-state index contributed by atoms with van der Waals surface area (Å²) >= 11 is 9.37. The summed E-state index contributed by atoms with van der Waals surface area (Å²) in [4.78, 5) is 12.1. The fourth-order valence-corrected chi connectivity index (χ4v) is 3.02. The number of anilines is 1. The SMILES string of the molecule is Cc1cc(Br)cc(C)c1NC(=O)Cc1cccc(Cl)c1. The molecule has 0 atom stereocenters. The molecule has 2 rings (SSSR count). The van der Waals surface area contributed by atoms with E-state index in [-0.39, 0.29) is 5.91 Å². The summed E-state index contributed by atoms with van der Waals surface area (Å²) in [6, 6.07) is 11.3. The van der Waals surface area contributed by atoms with Crippen LogP contribution in [0, 0.1) is 13.8 Å². The number of hydrogen-bond donors (Lipinski definition) is 1. The van der Waals surface area contributed by atoms with Crippen molar-refractivity contribution in [2.24, 2.45) is 0 Å². The normalized spacial score (nSPS) is 10.4. The molecule has 1 amide bonds. The van der Waals surface area contributed by atoms with Crippen LogP contribution in [-0.2, 0) is 11.2 Å². The smallest absolute Gasteiger partial charge is 0.228 e. The van der Waals surface area contributed by atoms with E-state index >= 15 is 0 Å². The van der Waals surface area contributed by atoms with Gasteiger partial charge in [-0.25, -0.2) is 0 Å². The van der Waals surface area contributed by atoms with E-state index in [0.717, 1.165) is 26.9 Å². The molecule has 0 heterocycles. The first-order valence-corrected chi connectivity index (χ1v) is 7.44. The number of aryl methyl sites for hydroxylation is 2. The van der Waals surface area contributed by atoms with Crippen molar-refractivity contribution in [2.45, 2.75) is 20.3 Å². The molecule has 2 aromatic carbocycles. The standard InChI is InChI=1S/C16H15BrClNO/c1-10-6-13(17)7-11(2)16(10)19-15(20)9-12-4-3-5-14(18)8-12/h3-8H,9H2,1-2H3,(H,19,20). The second-order valence-electron chi connectivity index (χ2n) is 4.77. The Bertz CT molecular complexity index is 632. The Kier molecular flexibility index (Phi) is 4.84. The van der Waals surface area contributed by atoms with Crippen LogP contribution in [0.5, 0.6) is 0 Å². The molecular formula is C16H15BrClNO. The minimum atomic E-state index is -0.0409. The van der Waals surface area contributed by atoms with Crippen LogP contribution in [-0.4, -0.2) is 5.91 Å². The minimum absolute atomic E-state index is 0.0409. The Balaban J connectivity index is 2.13. The Morgan fingerprint density at radius 3 is 2.45 bits per heavy atom. The van der Waals surface area contributed by atoms with Crippen molar-refractivity contribution >= 4 is 39.1 Å². The van der Waals surface area contributed by atoms with Gasteiger partial charge in [-0.3, -0.25) is 4.79 Å². The maximum Gasteiger partial charge on any atom is 0.228 e. The average molecular weight is 353 g/mol. The molecule has 2 aromatic rings. The number of carbonyl (C=O) groups is 1. The lowest BCUT2D eigenvalue weighted by atomic mass is 10.1. The van der Waals surface area contributed by atoms with Crippen LogP contribution in [0.1, 0.15) is 16.7 Å². The van der Waals surface area contributed by atoms with Gasteiger partial charge >= 0.3 is 0 Å². The lowest BCUT2D eigenvalue weighted by Gasteiger charge is -2.12. The van der Waals surface area contributed by atoms with Gasteiger partial charge in [0.25, 0.3) is 0 Å². The number of benzene rings is 2. The van der Waals surface area contributed by atoms with Crippen molar-refractivity contribution in [3.8, 4) is 0 Å². The van der Waals surface area contributed by atoms with Gasteiger partial charge in [0, 0.05) is 15.2 Å². The molecule has 104 valence electrons. The quantitative estimate of drug-likeness (QED) is 0.836. The molecule has 20 heavy (non-hydrogen) atoms. The summed E-state index contributed by atoms with van der Waals surface area (Å²) in [6.07, 6.45) is 0.315. The molecule has 0 spiro atoms. The van der Waals surface area contributed by atoms with Crippen molar-refractivity contribution in [1.82, 2.24) is 0 Å². The number of hydrogen-bond acceptors (Lipinski definition) is 1. The zero-order chi connectivity index (χ0) is 14.7. The van der Waals surface area contributed by atoms with Gasteiger partial charge in [0.1, 0.15) is 0 Å². The largest absolute Gasteiger partial charge is 0.325 e. The monoisotopic (exact) mass is 351 g/mol. The highest BCUT2D eigenvalue weighted by molar-refractivity contribution is 9.10. The molecule has 0 saturated heterocycles. The molecule has 0 fully saturated rings. The number of amides is 1. The highest BCUT2D eigenvalue weighted by atomic mass is 79.9. The number of carbonyl (C=O) groups excluding carboxylic acids is 1. The van der Waals surface area contributed by atoms with Crippen LogP contribution in [0.4, 0.5) is 5.69 Å². The van der Waals surface area contributed by atoms with E-state index < -0.39 is 0 Å². The lowest BCUT2D eigenvalue weighted by Crippen LogP contribution is -2.16. The van der Waals surface area contributed by atoms with Crippen LogP contribution in [0.3, 0.4) is 0 Å². The number of rotatable bonds is 3. The molecule has 0 saturated carbocycles. The molecule has 0 bridgehead atoms. The van der Waals surface area contributed by atoms with Crippen molar-refractivity contribution in [2.75, 3.05) is 5.32 Å². The van der Waals surface area contributed by atoms with E-state index in [4.69, 9.17) is 11.6 Å². The third-order valence-electron chi connectivity index (χ3n) is 3.02. The van der Waals surface area contributed by atoms with Gasteiger partial charge in [0.2, 0.25) is 5.91 Å². The highest BCUT2D eigenvalue weighted by Gasteiger charge is 2.09. The second-order valence-corrected chi connectivity index (χ2v) is 6.12. The van der Waals surface area contributed by atoms with Crippen LogP contribution < -0.4 is 5.32 Å². The van der Waals surface area contributed by atoms with E-state index in [2.05, 4.69) is 21.2 Å². The first-order chi connectivity index (χ1) is 9.45. The van der Waals surface area contributed by atoms with Gasteiger partial charge in [0.05, 0.1) is 6.42 Å². The molecule has 0 aliphatic heterocycles. The fourth-order valence-electron chi connectivity index (χ4n) is 2.12. The van der Waals surface area contributed by atoms with Crippen molar-refractivity contribution in [3.63, 3.8) is 0 Å². The van der Waals surface area contributed by atoms with E-state index in [1.807, 2.05) is 44.2 Å². The van der Waals surface area contributed by atoms with E-state index in [9.17, 15) is 4.79 Å². The summed E-state index contributed by atoms with van der Waals surface area (Å²) in [6.45, 7) is 3.96. The third kappa shape index (κ3) is 3.84. The Labute approximate surface area is 132 Å². The first kappa shape index (κ1) is 15.1. The minimum Gasteiger partial charge on any atom is -0.325 e. The highest BCUT2D eigenvalue weighted by Crippen LogP contribution is 2.25. The molecule has 2 nitrogen and oxygen atoms in total. The van der Waals surface area contributed by atoms with Gasteiger partial charge in [-0.2, -0.15) is 0 Å². The summed E-state index contributed by atoms with van der Waals surface area (Å²) < 4.78 is 1.01. The average Bonchev–Trinajstić information content (AvgIpc) is 2.33. The number of nitrogens with one attached hydrogen (secondary N) is 1. The summed E-state index contributed by atoms with van der Waals surface area (Å²) in [5.74, 6) is -0.0409. The van der Waals surface area contributed by atoms with Gasteiger partial charge in [0.15, 0.2) is 0 Å². The predicted octanol–water partition coefficient (Wildman–Crippen LogP) is 4.90. The van der Waals surface area contributed by atoms with Crippen molar-refractivity contribution in [1.29, 1.82) is 0 Å². The van der Waals surface area contributed by atoms with E-state index in [1.165, 1.54) is 0 Å². The Hall–Kier alpha value is -1.32. The summed E-state index contributed by atoms with van der Waals surface area (Å²) in [5, 5.41) is 3.62. The maximum atomic E-state index is 12.1. The van der Waals surface area contributed by atoms with Gasteiger partial charge < -0.3 is 5.32 Å². The van der Waals surface area contributed by atoms with E-state index in [1.54, 1.807) is 6.07 Å². The molecule has 1 N–H and O–H groups in total. The molecule has 0 aliphatic carbocycles. The maximum absolute atomic E-state index is 12.1. The lowest BCUT2D eigenvalue weighted by molar-refractivity contribution is -0.115. The summed E-state index contributed by atoms with van der Waals surface area (Å²) in [5.41, 5.74) is 3.86. The Morgan fingerprint density at radius 1 is 1.20 bits per heavy atom. The van der Waals surface area contributed by atoms with Crippen molar-refractivity contribution < 1.29 is 4.79 Å². The van der Waals surface area contributed by atoms with E-state index in [0.29, 0.717) is 11.4 Å². The fraction of sp³-hybridized carbons (Fsp3) is 0.188. The molecule has 0 aliphatic rings. The molecule has 0 radical (unpaired) electrons. The first-order valence-electron chi connectivity index (χ1n) is 6.27. The van der Waals surface area contributed by atoms with Crippen LogP contribution in [0.25, 0.3) is 0 Å². The predicted molar refractivity (Wildman–Crippen MR) is 87.4 cm³/mol. The van der Waals surface area contributed by atoms with Crippen molar-refractivity contribution in [3.05, 3.63) is 62.6 Å². The summed E-state index contributed by atoms with van der Waals surface area (Å²) in [7, 11) is 0. The van der Waals surface area contributed by atoms with Gasteiger partial charge in [-0.15, -0.1) is 0 Å². The zero-order valence-corrected chi connectivity index (χ0v) is 13.7. The molecule has 4 heteroatoms. The van der Waals surface area contributed by atoms with Gasteiger partial charge in [-0.1, -0.05) is 39.7 Å². The number of halogens is 2. The van der Waals surface area contributed by atoms with Gasteiger partial charge in [-0.05, 0) is 54.8 Å². The zero-order valence-electron chi connectivity index (χ0n) is 11.3. The molecular weight excluding hydrogens is 338 g/mol. The Morgan fingerprint density at radius 2 is 1.85 bits per heavy atom. The van der Waals surface area contributed by atoms with Crippen LogP contribution in [0.2, 0.25) is 5.02 Å². The second kappa shape index (κ2) is 6.42. The molecule has 0 aromatic heterocycles. The third-order valence-corrected chi connectivity index (χ3v) is 3.71. The molecule has 0 unspecified atom stereocenters. The van der Waals surface area contributed by atoms with Crippen LogP contribution in [0.15, 0.2) is 40.9 Å². The topological polar surface area (TPSA) is 29.1 Å². The van der Waals surface area contributed by atoms with Crippen LogP contribution >= 0.6 is 27.5 Å².